The van der Waals surface area contributed by atoms with Gasteiger partial charge in [0.05, 0.1) is 12.1 Å². The molecule has 7 nitrogen and oxygen atoms in total. The van der Waals surface area contributed by atoms with Gasteiger partial charge < -0.3 is 19.5 Å². The lowest BCUT2D eigenvalue weighted by Gasteiger charge is -2.22. The molecule has 1 aliphatic rings. The number of fused-ring (bicyclic) bond motifs is 1. The fourth-order valence-corrected chi connectivity index (χ4v) is 4.48. The second-order valence-electron chi connectivity index (χ2n) is 9.43. The Morgan fingerprint density at radius 1 is 1.22 bits per heavy atom. The summed E-state index contributed by atoms with van der Waals surface area (Å²) in [6.45, 7) is 14.0. The zero-order valence-electron chi connectivity index (χ0n) is 21.2. The number of rotatable bonds is 13. The van der Waals surface area contributed by atoms with Gasteiger partial charge in [0.2, 0.25) is 5.69 Å². The second kappa shape index (κ2) is 12.4. The lowest BCUT2D eigenvalue weighted by molar-refractivity contribution is -0.118. The molecule has 37 heavy (non-hydrogen) atoms. The summed E-state index contributed by atoms with van der Waals surface area (Å²) in [5, 5.41) is 11.5. The van der Waals surface area contributed by atoms with Crippen LogP contribution in [0.5, 0.6) is 17.2 Å². The fraction of sp³-hybridized carbons (Fsp3) is 0.414. The Hall–Kier alpha value is -3.18. The van der Waals surface area contributed by atoms with E-state index in [-0.39, 0.29) is 12.4 Å². The Bertz CT molecular complexity index is 1300. The first kappa shape index (κ1) is 26.9. The van der Waals surface area contributed by atoms with Gasteiger partial charge in [0.25, 0.3) is 0 Å². The Kier molecular flexibility index (Phi) is 8.99. The summed E-state index contributed by atoms with van der Waals surface area (Å²) in [4.78, 5) is 22.4. The van der Waals surface area contributed by atoms with E-state index in [1.165, 1.54) is 0 Å². The highest BCUT2D eigenvalue weighted by Crippen LogP contribution is 2.38. The normalized spacial score (nSPS) is 13.9. The molecule has 0 radical (unpaired) electrons. The molecule has 0 bridgehead atoms. The maximum Gasteiger partial charge on any atom is 0.229 e. The molecule has 1 N–H and O–H groups in total. The first-order chi connectivity index (χ1) is 17.9. The van der Waals surface area contributed by atoms with E-state index in [9.17, 15) is 9.90 Å². The Labute approximate surface area is 222 Å². The number of pyridine rings is 1. The summed E-state index contributed by atoms with van der Waals surface area (Å²) in [5.74, 6) is 2.19. The zero-order chi connectivity index (χ0) is 26.4. The Morgan fingerprint density at radius 3 is 2.68 bits per heavy atom. The number of aliphatic hydroxyl groups excluding tert-OH is 1. The van der Waals surface area contributed by atoms with Gasteiger partial charge in [-0.25, -0.2) is 4.85 Å². The van der Waals surface area contributed by atoms with Gasteiger partial charge in [0.15, 0.2) is 0 Å². The quantitative estimate of drug-likeness (QED) is 0.269. The third kappa shape index (κ3) is 7.20. The minimum atomic E-state index is -0.673. The smallest absolute Gasteiger partial charge is 0.229 e. The van der Waals surface area contributed by atoms with Gasteiger partial charge in [-0.3, -0.25) is 9.78 Å². The Balaban J connectivity index is 1.49. The van der Waals surface area contributed by atoms with Crippen LogP contribution < -0.4 is 9.47 Å². The molecule has 0 saturated heterocycles. The molecular formula is C29H32ClN3O4. The molecule has 1 aliphatic carbocycles. The van der Waals surface area contributed by atoms with E-state index in [0.29, 0.717) is 64.2 Å². The average Bonchev–Trinajstić information content (AvgIpc) is 3.71. The van der Waals surface area contributed by atoms with E-state index in [1.54, 1.807) is 36.5 Å². The van der Waals surface area contributed by atoms with Crippen LogP contribution in [-0.2, 0) is 11.2 Å². The molecule has 1 aromatic heterocycles. The number of carbonyl (C=O) groups is 1. The predicted molar refractivity (Wildman–Crippen MR) is 145 cm³/mol. The van der Waals surface area contributed by atoms with Crippen molar-refractivity contribution in [3.05, 3.63) is 64.6 Å². The van der Waals surface area contributed by atoms with Gasteiger partial charge in [-0.1, -0.05) is 31.5 Å². The van der Waals surface area contributed by atoms with Crippen LogP contribution in [0.4, 0.5) is 5.69 Å². The summed E-state index contributed by atoms with van der Waals surface area (Å²) in [6, 6.07) is 10.4. The predicted octanol–water partition coefficient (Wildman–Crippen LogP) is 6.22. The van der Waals surface area contributed by atoms with Crippen molar-refractivity contribution in [3.8, 4) is 17.2 Å². The minimum Gasteiger partial charge on any atom is -0.502 e. The van der Waals surface area contributed by atoms with Crippen LogP contribution in [0.1, 0.15) is 38.7 Å². The second-order valence-corrected chi connectivity index (χ2v) is 9.83. The van der Waals surface area contributed by atoms with E-state index in [4.69, 9.17) is 27.6 Å². The SMILES string of the molecule is [C-]#[N+]c1cc2c(Oc3ccc(CC(=O)CC4CC4)c(Cl)c3)ccnc2cc1OC[C@@H](O)CN(CC)CC. The van der Waals surface area contributed by atoms with Crippen LogP contribution >= 0.6 is 11.6 Å². The van der Waals surface area contributed by atoms with Crippen molar-refractivity contribution in [2.45, 2.75) is 45.6 Å². The van der Waals surface area contributed by atoms with Crippen LogP contribution in [-0.4, -0.2) is 53.1 Å². The molecule has 0 amide bonds. The molecule has 1 saturated carbocycles. The molecule has 0 spiro atoms. The van der Waals surface area contributed by atoms with E-state index in [1.807, 2.05) is 19.9 Å². The number of hydrogen-bond acceptors (Lipinski definition) is 6. The minimum absolute atomic E-state index is 0.0781. The van der Waals surface area contributed by atoms with Gasteiger partial charge in [-0.05, 0) is 67.7 Å². The summed E-state index contributed by atoms with van der Waals surface area (Å²) < 4.78 is 11.9. The van der Waals surface area contributed by atoms with E-state index < -0.39 is 6.10 Å². The molecule has 1 fully saturated rings. The van der Waals surface area contributed by atoms with E-state index in [2.05, 4.69) is 14.7 Å². The van der Waals surface area contributed by atoms with Crippen LogP contribution in [0.15, 0.2) is 42.6 Å². The number of halogens is 1. The maximum atomic E-state index is 12.2. The van der Waals surface area contributed by atoms with Crippen molar-refractivity contribution in [2.75, 3.05) is 26.2 Å². The number of Topliss-reactive ketones (excluding diaryl/α,β-unsaturated/α-hetero) is 1. The lowest BCUT2D eigenvalue weighted by Crippen LogP contribution is -2.35. The summed E-state index contributed by atoms with van der Waals surface area (Å²) in [6.07, 6.45) is 4.20. The highest BCUT2D eigenvalue weighted by atomic mass is 35.5. The molecule has 2 aromatic carbocycles. The van der Waals surface area contributed by atoms with Gasteiger partial charge in [0, 0.05) is 36.0 Å². The number of hydrogen-bond donors (Lipinski definition) is 1. The number of aliphatic hydroxyl groups is 1. The monoisotopic (exact) mass is 521 g/mol. The number of benzene rings is 2. The van der Waals surface area contributed by atoms with Crippen molar-refractivity contribution in [3.63, 3.8) is 0 Å². The maximum absolute atomic E-state index is 12.2. The summed E-state index contributed by atoms with van der Waals surface area (Å²) >= 11 is 6.46. The molecule has 8 heteroatoms. The van der Waals surface area contributed by atoms with Crippen molar-refractivity contribution in [1.29, 1.82) is 0 Å². The Morgan fingerprint density at radius 2 is 2.00 bits per heavy atom. The van der Waals surface area contributed by atoms with Gasteiger partial charge in [-0.2, -0.15) is 0 Å². The third-order valence-corrected chi connectivity index (χ3v) is 6.90. The average molecular weight is 522 g/mol. The molecule has 3 aromatic rings. The van der Waals surface area contributed by atoms with E-state index >= 15 is 0 Å². The number of carbonyl (C=O) groups excluding carboxylic acids is 1. The number of nitrogens with zero attached hydrogens (tertiary/aromatic N) is 3. The van der Waals surface area contributed by atoms with Crippen molar-refractivity contribution in [2.24, 2.45) is 5.92 Å². The number of likely N-dealkylation sites (N-methyl/N-ethyl adjacent to an activating group) is 1. The van der Waals surface area contributed by atoms with Crippen molar-refractivity contribution < 1.29 is 19.4 Å². The van der Waals surface area contributed by atoms with Gasteiger partial charge in [-0.15, -0.1) is 0 Å². The molecule has 4 rings (SSSR count). The molecule has 0 aliphatic heterocycles. The van der Waals surface area contributed by atoms with Gasteiger partial charge >= 0.3 is 0 Å². The molecule has 0 unspecified atom stereocenters. The highest BCUT2D eigenvalue weighted by molar-refractivity contribution is 6.31. The highest BCUT2D eigenvalue weighted by Gasteiger charge is 2.24. The summed E-state index contributed by atoms with van der Waals surface area (Å²) in [5.41, 5.74) is 1.70. The topological polar surface area (TPSA) is 76.2 Å². The van der Waals surface area contributed by atoms with Crippen molar-refractivity contribution in [1.82, 2.24) is 9.88 Å². The molecule has 194 valence electrons. The standard InChI is InChI=1S/C29H32ClN3O4/c1-4-33(5-2)17-22(35)18-36-29-16-26-24(15-27(29)31-3)28(10-11-32-26)37-23-9-8-20(25(30)14-23)13-21(34)12-19-6-7-19/h8-11,14-16,19,22,35H,4-7,12-13,17-18H2,1-2H3/t22-/m0/s1. The number of ketones is 1. The zero-order valence-corrected chi connectivity index (χ0v) is 22.0. The van der Waals surface area contributed by atoms with Crippen molar-refractivity contribution >= 4 is 34.0 Å². The lowest BCUT2D eigenvalue weighted by atomic mass is 10.0. The van der Waals surface area contributed by atoms with Gasteiger partial charge in [0.1, 0.15) is 35.7 Å². The fourth-order valence-electron chi connectivity index (χ4n) is 4.24. The molecule has 1 heterocycles. The first-order valence-corrected chi connectivity index (χ1v) is 13.1. The third-order valence-electron chi connectivity index (χ3n) is 6.55. The van der Waals surface area contributed by atoms with Crippen LogP contribution in [0.3, 0.4) is 0 Å². The van der Waals surface area contributed by atoms with Crippen LogP contribution in [0, 0.1) is 12.5 Å². The van der Waals surface area contributed by atoms with Crippen LogP contribution in [0.25, 0.3) is 15.7 Å². The first-order valence-electron chi connectivity index (χ1n) is 12.7. The number of aromatic nitrogens is 1. The number of ether oxygens (including phenoxy) is 2. The van der Waals surface area contributed by atoms with Crippen LogP contribution in [0.2, 0.25) is 5.02 Å². The molecule has 1 atom stereocenters. The summed E-state index contributed by atoms with van der Waals surface area (Å²) in [7, 11) is 0. The largest absolute Gasteiger partial charge is 0.502 e. The van der Waals surface area contributed by atoms with E-state index in [0.717, 1.165) is 31.5 Å². The molecular weight excluding hydrogens is 490 g/mol.